The summed E-state index contributed by atoms with van der Waals surface area (Å²) in [6, 6.07) is 5.64. The Morgan fingerprint density at radius 3 is 2.88 bits per heavy atom. The zero-order valence-electron chi connectivity index (χ0n) is 8.62. The zero-order valence-corrected chi connectivity index (χ0v) is 10.8. The van der Waals surface area contributed by atoms with Crippen LogP contribution in [0.15, 0.2) is 29.8 Å². The monoisotopic (exact) mass is 328 g/mol. The van der Waals surface area contributed by atoms with Gasteiger partial charge in [0.15, 0.2) is 5.78 Å². The Bertz CT molecular complexity index is 503. The summed E-state index contributed by atoms with van der Waals surface area (Å²) in [5, 5.41) is 0. The molecule has 0 saturated heterocycles. The Balaban J connectivity index is 2.42. The van der Waals surface area contributed by atoms with Crippen molar-refractivity contribution in [1.29, 1.82) is 0 Å². The molecule has 1 aromatic carbocycles. The number of ketones is 1. The third-order valence-electron chi connectivity index (χ3n) is 2.47. The van der Waals surface area contributed by atoms with Gasteiger partial charge in [0.05, 0.1) is 7.11 Å². The van der Waals surface area contributed by atoms with Gasteiger partial charge in [-0.3, -0.25) is 4.79 Å². The molecular formula is C12H9IO3. The lowest BCUT2D eigenvalue weighted by molar-refractivity contribution is -0.136. The van der Waals surface area contributed by atoms with Crippen molar-refractivity contribution >= 4 is 34.3 Å². The number of halogens is 1. The molecule has 0 saturated carbocycles. The number of hydrogen-bond acceptors (Lipinski definition) is 3. The number of rotatable bonds is 1. The third kappa shape index (κ3) is 2.02. The molecule has 0 radical (unpaired) electrons. The molecule has 1 aliphatic carbocycles. The highest BCUT2D eigenvalue weighted by Gasteiger charge is 2.22. The molecule has 0 aromatic heterocycles. The number of allylic oxidation sites excluding steroid dienone is 1. The standard InChI is InChI=1S/C12H9IO3/c1-16-12(15)8-4-7-2-3-9(13)6-10(7)11(14)5-8/h2-3,5-6H,4H2,1H3. The summed E-state index contributed by atoms with van der Waals surface area (Å²) in [6.45, 7) is 0. The van der Waals surface area contributed by atoms with Crippen LogP contribution in [0.25, 0.3) is 0 Å². The van der Waals surface area contributed by atoms with Gasteiger partial charge in [-0.2, -0.15) is 0 Å². The van der Waals surface area contributed by atoms with Crippen LogP contribution < -0.4 is 0 Å². The van der Waals surface area contributed by atoms with E-state index in [4.69, 9.17) is 0 Å². The van der Waals surface area contributed by atoms with E-state index in [-0.39, 0.29) is 5.78 Å². The fraction of sp³-hybridized carbons (Fsp3) is 0.167. The molecule has 16 heavy (non-hydrogen) atoms. The van der Waals surface area contributed by atoms with E-state index >= 15 is 0 Å². The molecule has 0 spiro atoms. The van der Waals surface area contributed by atoms with Crippen LogP contribution in [0.4, 0.5) is 0 Å². The van der Waals surface area contributed by atoms with Gasteiger partial charge in [-0.15, -0.1) is 0 Å². The molecule has 0 bridgehead atoms. The fourth-order valence-corrected chi connectivity index (χ4v) is 2.18. The quantitative estimate of drug-likeness (QED) is 0.586. The Morgan fingerprint density at radius 2 is 2.19 bits per heavy atom. The van der Waals surface area contributed by atoms with Crippen molar-refractivity contribution < 1.29 is 14.3 Å². The maximum absolute atomic E-state index is 11.8. The predicted molar refractivity (Wildman–Crippen MR) is 67.3 cm³/mol. The molecular weight excluding hydrogens is 319 g/mol. The number of carbonyl (C=O) groups excluding carboxylic acids is 2. The highest BCUT2D eigenvalue weighted by atomic mass is 127. The first kappa shape index (κ1) is 11.3. The van der Waals surface area contributed by atoms with Gasteiger partial charge in [-0.1, -0.05) is 6.07 Å². The van der Waals surface area contributed by atoms with Crippen molar-refractivity contribution in [2.24, 2.45) is 0 Å². The summed E-state index contributed by atoms with van der Waals surface area (Å²) in [5.41, 5.74) is 1.98. The Labute approximate surface area is 107 Å². The van der Waals surface area contributed by atoms with Gasteiger partial charge < -0.3 is 4.74 Å². The smallest absolute Gasteiger partial charge is 0.334 e. The summed E-state index contributed by atoms with van der Waals surface area (Å²) in [4.78, 5) is 23.1. The lowest BCUT2D eigenvalue weighted by Crippen LogP contribution is -2.16. The molecule has 82 valence electrons. The van der Waals surface area contributed by atoms with Crippen LogP contribution in [-0.2, 0) is 16.0 Å². The molecule has 4 heteroatoms. The van der Waals surface area contributed by atoms with Crippen LogP contribution in [0.2, 0.25) is 0 Å². The van der Waals surface area contributed by atoms with Crippen molar-refractivity contribution in [2.75, 3.05) is 7.11 Å². The van der Waals surface area contributed by atoms with E-state index in [1.165, 1.54) is 13.2 Å². The number of methoxy groups -OCH3 is 1. The maximum Gasteiger partial charge on any atom is 0.334 e. The van der Waals surface area contributed by atoms with Crippen LogP contribution in [0, 0.1) is 3.57 Å². The van der Waals surface area contributed by atoms with Gasteiger partial charge in [0.25, 0.3) is 0 Å². The molecule has 2 rings (SSSR count). The Kier molecular flexibility index (Phi) is 3.09. The predicted octanol–water partition coefficient (Wildman–Crippen LogP) is 2.13. The van der Waals surface area contributed by atoms with Gasteiger partial charge in [0.2, 0.25) is 0 Å². The number of carbonyl (C=O) groups is 2. The second-order valence-electron chi connectivity index (χ2n) is 3.50. The van der Waals surface area contributed by atoms with E-state index in [9.17, 15) is 9.59 Å². The molecule has 1 aromatic rings. The van der Waals surface area contributed by atoms with E-state index in [0.29, 0.717) is 17.6 Å². The van der Waals surface area contributed by atoms with Gasteiger partial charge in [-0.05, 0) is 46.4 Å². The average Bonchev–Trinajstić information content (AvgIpc) is 2.28. The maximum atomic E-state index is 11.8. The van der Waals surface area contributed by atoms with E-state index in [1.54, 1.807) is 0 Å². The number of hydrogen-bond donors (Lipinski definition) is 0. The van der Waals surface area contributed by atoms with Crippen molar-refractivity contribution in [3.05, 3.63) is 44.5 Å². The van der Waals surface area contributed by atoms with E-state index in [2.05, 4.69) is 27.3 Å². The second-order valence-corrected chi connectivity index (χ2v) is 4.75. The van der Waals surface area contributed by atoms with Crippen LogP contribution in [-0.4, -0.2) is 18.9 Å². The number of ether oxygens (including phenoxy) is 1. The molecule has 0 atom stereocenters. The topological polar surface area (TPSA) is 43.4 Å². The van der Waals surface area contributed by atoms with Crippen LogP contribution in [0.1, 0.15) is 15.9 Å². The summed E-state index contributed by atoms with van der Waals surface area (Å²) in [7, 11) is 1.32. The molecule has 0 fully saturated rings. The van der Waals surface area contributed by atoms with Gasteiger partial charge in [0.1, 0.15) is 0 Å². The van der Waals surface area contributed by atoms with Crippen LogP contribution in [0.3, 0.4) is 0 Å². The molecule has 0 amide bonds. The average molecular weight is 328 g/mol. The zero-order chi connectivity index (χ0) is 11.7. The highest BCUT2D eigenvalue weighted by Crippen LogP contribution is 2.23. The highest BCUT2D eigenvalue weighted by molar-refractivity contribution is 14.1. The van der Waals surface area contributed by atoms with Crippen LogP contribution >= 0.6 is 22.6 Å². The first-order chi connectivity index (χ1) is 7.61. The summed E-state index contributed by atoms with van der Waals surface area (Å²) < 4.78 is 5.63. The molecule has 0 unspecified atom stereocenters. The van der Waals surface area contributed by atoms with Crippen molar-refractivity contribution in [2.45, 2.75) is 6.42 Å². The first-order valence-corrected chi connectivity index (χ1v) is 5.81. The van der Waals surface area contributed by atoms with Gasteiger partial charge in [-0.25, -0.2) is 4.79 Å². The molecule has 0 heterocycles. The number of benzene rings is 1. The van der Waals surface area contributed by atoms with E-state index in [1.807, 2.05) is 18.2 Å². The second kappa shape index (κ2) is 4.37. The van der Waals surface area contributed by atoms with Gasteiger partial charge >= 0.3 is 5.97 Å². The van der Waals surface area contributed by atoms with E-state index < -0.39 is 5.97 Å². The largest absolute Gasteiger partial charge is 0.466 e. The lowest BCUT2D eigenvalue weighted by atomic mass is 9.91. The minimum absolute atomic E-state index is 0.125. The minimum atomic E-state index is -0.433. The SMILES string of the molecule is COC(=O)C1=CC(=O)c2cc(I)ccc2C1. The minimum Gasteiger partial charge on any atom is -0.466 e. The number of fused-ring (bicyclic) bond motifs is 1. The molecule has 0 aliphatic heterocycles. The molecule has 1 aliphatic rings. The Morgan fingerprint density at radius 1 is 1.44 bits per heavy atom. The third-order valence-corrected chi connectivity index (χ3v) is 3.14. The molecule has 0 N–H and O–H groups in total. The van der Waals surface area contributed by atoms with Crippen molar-refractivity contribution in [3.8, 4) is 0 Å². The van der Waals surface area contributed by atoms with Gasteiger partial charge in [0, 0.05) is 21.1 Å². The Hall–Kier alpha value is -1.17. The normalized spacial score (nSPS) is 14.1. The summed E-state index contributed by atoms with van der Waals surface area (Å²) >= 11 is 2.16. The molecule has 3 nitrogen and oxygen atoms in total. The van der Waals surface area contributed by atoms with E-state index in [0.717, 1.165) is 9.13 Å². The van der Waals surface area contributed by atoms with Crippen LogP contribution in [0.5, 0.6) is 0 Å². The fourth-order valence-electron chi connectivity index (χ4n) is 1.69. The van der Waals surface area contributed by atoms with Crippen molar-refractivity contribution in [3.63, 3.8) is 0 Å². The summed E-state index contributed by atoms with van der Waals surface area (Å²) in [6.07, 6.45) is 1.83. The number of esters is 1. The first-order valence-electron chi connectivity index (χ1n) is 4.73. The lowest BCUT2D eigenvalue weighted by Gasteiger charge is -2.14. The summed E-state index contributed by atoms with van der Waals surface area (Å²) in [5.74, 6) is -0.558. The van der Waals surface area contributed by atoms with Crippen molar-refractivity contribution in [1.82, 2.24) is 0 Å².